The van der Waals surface area contributed by atoms with E-state index in [1.165, 1.54) is 30.0 Å². The van der Waals surface area contributed by atoms with Crippen LogP contribution < -0.4 is 4.90 Å². The molecule has 0 N–H and O–H groups in total. The average Bonchev–Trinajstić information content (AvgIpc) is 2.47. The van der Waals surface area contributed by atoms with Gasteiger partial charge in [0.15, 0.2) is 6.29 Å². The molecular weight excluding hydrogens is 222 g/mol. The monoisotopic (exact) mass is 239 g/mol. The Morgan fingerprint density at radius 2 is 1.72 bits per heavy atom. The van der Waals surface area contributed by atoms with E-state index in [1.807, 2.05) is 24.3 Å². The molecule has 2 aromatic carbocycles. The van der Waals surface area contributed by atoms with Crippen LogP contribution in [0.5, 0.6) is 0 Å². The lowest BCUT2D eigenvalue weighted by Crippen LogP contribution is -2.30. The fourth-order valence-corrected chi connectivity index (χ4v) is 2.84. The van der Waals surface area contributed by atoms with Gasteiger partial charge in [-0.2, -0.15) is 0 Å². The van der Waals surface area contributed by atoms with Crippen molar-refractivity contribution in [2.75, 3.05) is 18.0 Å². The van der Waals surface area contributed by atoms with Gasteiger partial charge in [0.05, 0.1) is 5.69 Å². The lowest BCUT2D eigenvalue weighted by molar-refractivity contribution is 0.112. The molecule has 1 saturated heterocycles. The number of benzene rings is 2. The Kier molecular flexibility index (Phi) is 3.01. The number of hydrogen-bond acceptors (Lipinski definition) is 2. The Morgan fingerprint density at radius 3 is 2.50 bits per heavy atom. The van der Waals surface area contributed by atoms with Crippen LogP contribution in [0, 0.1) is 0 Å². The van der Waals surface area contributed by atoms with Crippen LogP contribution in [0.1, 0.15) is 29.6 Å². The minimum atomic E-state index is 0.815. The van der Waals surface area contributed by atoms with Gasteiger partial charge in [-0.3, -0.25) is 4.79 Å². The Bertz CT molecular complexity index is 570. The number of fused-ring (bicyclic) bond motifs is 1. The van der Waals surface area contributed by atoms with E-state index in [2.05, 4.69) is 17.0 Å². The van der Waals surface area contributed by atoms with E-state index < -0.39 is 0 Å². The Labute approximate surface area is 107 Å². The Morgan fingerprint density at radius 1 is 0.944 bits per heavy atom. The van der Waals surface area contributed by atoms with Crippen LogP contribution in [-0.2, 0) is 0 Å². The third kappa shape index (κ3) is 1.88. The summed E-state index contributed by atoms with van der Waals surface area (Å²) in [6, 6.07) is 12.3. The van der Waals surface area contributed by atoms with E-state index in [1.54, 1.807) is 0 Å². The lowest BCUT2D eigenvalue weighted by atomic mass is 10.0. The van der Waals surface area contributed by atoms with Crippen LogP contribution >= 0.6 is 0 Å². The highest BCUT2D eigenvalue weighted by Gasteiger charge is 2.16. The summed E-state index contributed by atoms with van der Waals surface area (Å²) < 4.78 is 0. The van der Waals surface area contributed by atoms with E-state index in [0.29, 0.717) is 0 Å². The summed E-state index contributed by atoms with van der Waals surface area (Å²) in [5.74, 6) is 0. The molecule has 1 fully saturated rings. The summed E-state index contributed by atoms with van der Waals surface area (Å²) in [6.45, 7) is 2.13. The van der Waals surface area contributed by atoms with Gasteiger partial charge >= 0.3 is 0 Å². The lowest BCUT2D eigenvalue weighted by Gasteiger charge is -2.31. The summed E-state index contributed by atoms with van der Waals surface area (Å²) in [7, 11) is 0. The second-order valence-electron chi connectivity index (χ2n) is 4.89. The van der Waals surface area contributed by atoms with Gasteiger partial charge < -0.3 is 4.90 Å². The molecule has 1 aliphatic rings. The quantitative estimate of drug-likeness (QED) is 0.746. The van der Waals surface area contributed by atoms with Gasteiger partial charge in [-0.15, -0.1) is 0 Å². The van der Waals surface area contributed by atoms with Crippen LogP contribution in [0.25, 0.3) is 10.8 Å². The van der Waals surface area contributed by atoms with Gasteiger partial charge in [0.25, 0.3) is 0 Å². The summed E-state index contributed by atoms with van der Waals surface area (Å²) in [4.78, 5) is 13.7. The largest absolute Gasteiger partial charge is 0.370 e. The predicted octanol–water partition coefficient (Wildman–Crippen LogP) is 3.64. The minimum absolute atomic E-state index is 0.815. The number of rotatable bonds is 2. The predicted molar refractivity (Wildman–Crippen MR) is 75.4 cm³/mol. The molecule has 0 aromatic heterocycles. The van der Waals surface area contributed by atoms with Crippen molar-refractivity contribution < 1.29 is 4.79 Å². The van der Waals surface area contributed by atoms with Gasteiger partial charge in [0, 0.05) is 24.0 Å². The maximum Gasteiger partial charge on any atom is 0.152 e. The highest BCUT2D eigenvalue weighted by molar-refractivity contribution is 6.02. The molecule has 0 radical (unpaired) electrons. The first-order chi connectivity index (χ1) is 8.90. The second-order valence-corrected chi connectivity index (χ2v) is 4.89. The molecule has 0 saturated carbocycles. The summed E-state index contributed by atoms with van der Waals surface area (Å²) in [5, 5.41) is 2.41. The zero-order valence-electron chi connectivity index (χ0n) is 10.4. The molecule has 0 bridgehead atoms. The van der Waals surface area contributed by atoms with Crippen LogP contribution in [0.2, 0.25) is 0 Å². The van der Waals surface area contributed by atoms with Crippen LogP contribution in [0.4, 0.5) is 5.69 Å². The molecular formula is C16H17NO. The Hall–Kier alpha value is -1.83. The van der Waals surface area contributed by atoms with Crippen molar-refractivity contribution in [2.24, 2.45) is 0 Å². The molecule has 2 nitrogen and oxygen atoms in total. The minimum Gasteiger partial charge on any atom is -0.370 e. The van der Waals surface area contributed by atoms with Crippen molar-refractivity contribution in [1.82, 2.24) is 0 Å². The second kappa shape index (κ2) is 4.81. The molecule has 92 valence electrons. The number of carbonyl (C=O) groups excluding carboxylic acids is 1. The molecule has 2 heteroatoms. The number of aldehydes is 1. The first kappa shape index (κ1) is 11.3. The fourth-order valence-electron chi connectivity index (χ4n) is 2.84. The highest BCUT2D eigenvalue weighted by atomic mass is 16.1. The molecule has 1 aliphatic heterocycles. The fraction of sp³-hybridized carbons (Fsp3) is 0.312. The van der Waals surface area contributed by atoms with Gasteiger partial charge in [-0.25, -0.2) is 0 Å². The Balaban J connectivity index is 2.19. The number of nitrogens with zero attached hydrogens (tertiary/aromatic N) is 1. The first-order valence-electron chi connectivity index (χ1n) is 6.62. The number of piperidine rings is 1. The molecule has 1 heterocycles. The van der Waals surface area contributed by atoms with Crippen molar-refractivity contribution in [1.29, 1.82) is 0 Å². The van der Waals surface area contributed by atoms with Gasteiger partial charge in [-0.1, -0.05) is 30.3 Å². The molecule has 2 aromatic rings. The molecule has 3 rings (SSSR count). The zero-order chi connectivity index (χ0) is 12.4. The van der Waals surface area contributed by atoms with Crippen molar-refractivity contribution >= 4 is 22.7 Å². The summed E-state index contributed by atoms with van der Waals surface area (Å²) >= 11 is 0. The average molecular weight is 239 g/mol. The highest BCUT2D eigenvalue weighted by Crippen LogP contribution is 2.31. The summed E-state index contributed by atoms with van der Waals surface area (Å²) in [5.41, 5.74) is 1.94. The third-order valence-electron chi connectivity index (χ3n) is 3.73. The molecule has 0 aliphatic carbocycles. The summed E-state index contributed by atoms with van der Waals surface area (Å²) in [6.07, 6.45) is 4.73. The van der Waals surface area contributed by atoms with E-state index in [0.717, 1.165) is 30.6 Å². The number of hydrogen-bond donors (Lipinski definition) is 0. The van der Waals surface area contributed by atoms with Crippen molar-refractivity contribution in [3.63, 3.8) is 0 Å². The van der Waals surface area contributed by atoms with Crippen molar-refractivity contribution in [3.05, 3.63) is 42.0 Å². The maximum absolute atomic E-state index is 11.3. The molecule has 18 heavy (non-hydrogen) atoms. The molecule has 0 unspecified atom stereocenters. The maximum atomic E-state index is 11.3. The van der Waals surface area contributed by atoms with Crippen molar-refractivity contribution in [3.8, 4) is 0 Å². The smallest absolute Gasteiger partial charge is 0.152 e. The van der Waals surface area contributed by atoms with Crippen LogP contribution in [0.3, 0.4) is 0 Å². The van der Waals surface area contributed by atoms with Crippen molar-refractivity contribution in [2.45, 2.75) is 19.3 Å². The van der Waals surface area contributed by atoms with Crippen LogP contribution in [0.15, 0.2) is 36.4 Å². The van der Waals surface area contributed by atoms with E-state index in [9.17, 15) is 4.79 Å². The van der Waals surface area contributed by atoms with Crippen LogP contribution in [-0.4, -0.2) is 19.4 Å². The normalized spacial score (nSPS) is 15.9. The van der Waals surface area contributed by atoms with Gasteiger partial charge in [0.1, 0.15) is 0 Å². The zero-order valence-corrected chi connectivity index (χ0v) is 10.4. The van der Waals surface area contributed by atoms with E-state index in [-0.39, 0.29) is 0 Å². The number of anilines is 1. The first-order valence-corrected chi connectivity index (χ1v) is 6.62. The standard InChI is InChI=1S/C16H17NO/c18-12-14-9-8-13-6-2-3-7-15(13)16(14)17-10-4-1-5-11-17/h2-3,6-9,12H,1,4-5,10-11H2. The number of carbonyl (C=O) groups is 1. The van der Waals surface area contributed by atoms with Gasteiger partial charge in [0.2, 0.25) is 0 Å². The SMILES string of the molecule is O=Cc1ccc2ccccc2c1N1CCCCC1. The third-order valence-corrected chi connectivity index (χ3v) is 3.73. The van der Waals surface area contributed by atoms with E-state index >= 15 is 0 Å². The molecule has 0 atom stereocenters. The van der Waals surface area contributed by atoms with Gasteiger partial charge in [-0.05, 0) is 30.7 Å². The topological polar surface area (TPSA) is 20.3 Å². The molecule has 0 amide bonds. The van der Waals surface area contributed by atoms with E-state index in [4.69, 9.17) is 0 Å². The molecule has 0 spiro atoms.